The number of alkyl halides is 1. The summed E-state index contributed by atoms with van der Waals surface area (Å²) in [6.07, 6.45) is 0. The van der Waals surface area contributed by atoms with Gasteiger partial charge in [0.05, 0.1) is 23.2 Å². The lowest BCUT2D eigenvalue weighted by Gasteiger charge is -2.08. The molecule has 2 nitrogen and oxygen atoms in total. The average Bonchev–Trinajstić information content (AvgIpc) is 2.16. The molecule has 0 unspecified atom stereocenters. The fraction of sp³-hybridized carbons (Fsp3) is 0.500. The SMILES string of the molecule is CC(C)COc1ccc(Cl)c(CCl)n1. The summed E-state index contributed by atoms with van der Waals surface area (Å²) in [5.41, 5.74) is 0.662. The first-order valence-corrected chi connectivity index (χ1v) is 5.39. The van der Waals surface area contributed by atoms with Crippen LogP contribution in [0.3, 0.4) is 0 Å². The molecule has 14 heavy (non-hydrogen) atoms. The van der Waals surface area contributed by atoms with Crippen molar-refractivity contribution < 1.29 is 4.74 Å². The van der Waals surface area contributed by atoms with Crippen LogP contribution in [-0.4, -0.2) is 11.6 Å². The Labute approximate surface area is 94.2 Å². The number of pyridine rings is 1. The Morgan fingerprint density at radius 2 is 2.14 bits per heavy atom. The van der Waals surface area contributed by atoms with E-state index in [2.05, 4.69) is 18.8 Å². The predicted molar refractivity (Wildman–Crippen MR) is 59.1 cm³/mol. The van der Waals surface area contributed by atoms with Crippen LogP contribution in [0.4, 0.5) is 0 Å². The highest BCUT2D eigenvalue weighted by atomic mass is 35.5. The van der Waals surface area contributed by atoms with E-state index >= 15 is 0 Å². The standard InChI is InChI=1S/C10H13Cl2NO/c1-7(2)6-14-10-4-3-8(12)9(5-11)13-10/h3-4,7H,5-6H2,1-2H3. The van der Waals surface area contributed by atoms with Crippen LogP contribution < -0.4 is 4.74 Å². The molecule has 0 saturated heterocycles. The van der Waals surface area contributed by atoms with Gasteiger partial charge in [-0.1, -0.05) is 25.4 Å². The normalized spacial score (nSPS) is 10.6. The summed E-state index contributed by atoms with van der Waals surface area (Å²) < 4.78 is 5.44. The number of hydrogen-bond donors (Lipinski definition) is 0. The summed E-state index contributed by atoms with van der Waals surface area (Å²) in [6.45, 7) is 4.81. The van der Waals surface area contributed by atoms with Crippen LogP contribution >= 0.6 is 23.2 Å². The first-order chi connectivity index (χ1) is 6.63. The number of aromatic nitrogens is 1. The molecule has 0 aliphatic rings. The van der Waals surface area contributed by atoms with Gasteiger partial charge in [-0.15, -0.1) is 11.6 Å². The van der Waals surface area contributed by atoms with Crippen molar-refractivity contribution in [2.45, 2.75) is 19.7 Å². The zero-order chi connectivity index (χ0) is 10.6. The van der Waals surface area contributed by atoms with E-state index in [0.29, 0.717) is 35.0 Å². The van der Waals surface area contributed by atoms with Crippen molar-refractivity contribution in [3.8, 4) is 5.88 Å². The first-order valence-electron chi connectivity index (χ1n) is 4.47. The Morgan fingerprint density at radius 3 is 2.71 bits per heavy atom. The minimum Gasteiger partial charge on any atom is -0.477 e. The summed E-state index contributed by atoms with van der Waals surface area (Å²) in [7, 11) is 0. The molecule has 4 heteroatoms. The molecule has 0 amide bonds. The van der Waals surface area contributed by atoms with Crippen LogP contribution in [-0.2, 0) is 5.88 Å². The van der Waals surface area contributed by atoms with E-state index in [1.165, 1.54) is 0 Å². The number of hydrogen-bond acceptors (Lipinski definition) is 2. The second-order valence-corrected chi connectivity index (χ2v) is 4.09. The van der Waals surface area contributed by atoms with Crippen LogP contribution in [0, 0.1) is 5.92 Å². The second-order valence-electron chi connectivity index (χ2n) is 3.42. The third kappa shape index (κ3) is 3.35. The minimum atomic E-state index is 0.303. The fourth-order valence-corrected chi connectivity index (χ4v) is 1.33. The molecule has 78 valence electrons. The molecule has 1 aromatic heterocycles. The summed E-state index contributed by atoms with van der Waals surface area (Å²) in [4.78, 5) is 4.18. The second kappa shape index (κ2) is 5.42. The highest BCUT2D eigenvalue weighted by Crippen LogP contribution is 2.19. The topological polar surface area (TPSA) is 22.1 Å². The van der Waals surface area contributed by atoms with E-state index in [9.17, 15) is 0 Å². The average molecular weight is 234 g/mol. The van der Waals surface area contributed by atoms with Crippen LogP contribution in [0.25, 0.3) is 0 Å². The van der Waals surface area contributed by atoms with Crippen molar-refractivity contribution in [2.24, 2.45) is 5.92 Å². The lowest BCUT2D eigenvalue weighted by atomic mass is 10.2. The quantitative estimate of drug-likeness (QED) is 0.743. The number of ether oxygens (including phenoxy) is 1. The van der Waals surface area contributed by atoms with E-state index in [1.54, 1.807) is 12.1 Å². The molecule has 0 fully saturated rings. The van der Waals surface area contributed by atoms with E-state index in [1.807, 2.05) is 0 Å². The maximum atomic E-state index is 5.86. The highest BCUT2D eigenvalue weighted by molar-refractivity contribution is 6.32. The maximum Gasteiger partial charge on any atom is 0.213 e. The van der Waals surface area contributed by atoms with Gasteiger partial charge in [-0.2, -0.15) is 0 Å². The van der Waals surface area contributed by atoms with Gasteiger partial charge in [0.2, 0.25) is 5.88 Å². The molecule has 0 N–H and O–H groups in total. The molecule has 0 bridgehead atoms. The Balaban J connectivity index is 2.69. The van der Waals surface area contributed by atoms with Crippen molar-refractivity contribution >= 4 is 23.2 Å². The van der Waals surface area contributed by atoms with E-state index < -0.39 is 0 Å². The summed E-state index contributed by atoms with van der Waals surface area (Å²) in [5.74, 6) is 1.36. The van der Waals surface area contributed by atoms with Gasteiger partial charge in [0.15, 0.2) is 0 Å². The molecule has 1 rings (SSSR count). The summed E-state index contributed by atoms with van der Waals surface area (Å²) >= 11 is 11.5. The third-order valence-electron chi connectivity index (χ3n) is 1.58. The molecule has 1 heterocycles. The Hall–Kier alpha value is -0.470. The van der Waals surface area contributed by atoms with E-state index in [4.69, 9.17) is 27.9 Å². The first kappa shape index (κ1) is 11.6. The molecule has 0 aliphatic carbocycles. The van der Waals surface area contributed by atoms with Crippen molar-refractivity contribution in [3.63, 3.8) is 0 Å². The van der Waals surface area contributed by atoms with Gasteiger partial charge in [0.25, 0.3) is 0 Å². The Bertz CT molecular complexity index is 302. The molecular weight excluding hydrogens is 221 g/mol. The van der Waals surface area contributed by atoms with Crippen LogP contribution in [0.15, 0.2) is 12.1 Å². The minimum absolute atomic E-state index is 0.303. The van der Waals surface area contributed by atoms with Crippen LogP contribution in [0.1, 0.15) is 19.5 Å². The van der Waals surface area contributed by atoms with E-state index in [-0.39, 0.29) is 0 Å². The molecule has 0 aliphatic heterocycles. The Kier molecular flexibility index (Phi) is 4.49. The molecule has 0 aromatic carbocycles. The number of rotatable bonds is 4. The molecular formula is C10H13Cl2NO. The maximum absolute atomic E-state index is 5.86. The van der Waals surface area contributed by atoms with E-state index in [0.717, 1.165) is 0 Å². The zero-order valence-electron chi connectivity index (χ0n) is 8.26. The van der Waals surface area contributed by atoms with Gasteiger partial charge in [-0.3, -0.25) is 0 Å². The van der Waals surface area contributed by atoms with Crippen molar-refractivity contribution in [1.82, 2.24) is 4.98 Å². The number of halogens is 2. The van der Waals surface area contributed by atoms with Gasteiger partial charge in [0, 0.05) is 6.07 Å². The smallest absolute Gasteiger partial charge is 0.213 e. The highest BCUT2D eigenvalue weighted by Gasteiger charge is 2.04. The summed E-state index contributed by atoms with van der Waals surface area (Å²) in [5, 5.41) is 0.580. The van der Waals surface area contributed by atoms with Crippen molar-refractivity contribution in [3.05, 3.63) is 22.8 Å². The molecule has 0 radical (unpaired) electrons. The van der Waals surface area contributed by atoms with Gasteiger partial charge < -0.3 is 4.74 Å². The van der Waals surface area contributed by atoms with Crippen molar-refractivity contribution in [1.29, 1.82) is 0 Å². The summed E-state index contributed by atoms with van der Waals surface area (Å²) in [6, 6.07) is 3.50. The van der Waals surface area contributed by atoms with Gasteiger partial charge in [-0.05, 0) is 12.0 Å². The molecule has 0 saturated carbocycles. The zero-order valence-corrected chi connectivity index (χ0v) is 9.77. The monoisotopic (exact) mass is 233 g/mol. The van der Waals surface area contributed by atoms with Crippen molar-refractivity contribution in [2.75, 3.05) is 6.61 Å². The van der Waals surface area contributed by atoms with Gasteiger partial charge in [-0.25, -0.2) is 4.98 Å². The van der Waals surface area contributed by atoms with Crippen LogP contribution in [0.2, 0.25) is 5.02 Å². The Morgan fingerprint density at radius 1 is 1.43 bits per heavy atom. The largest absolute Gasteiger partial charge is 0.477 e. The molecule has 0 atom stereocenters. The predicted octanol–water partition coefficient (Wildman–Crippen LogP) is 3.51. The lowest BCUT2D eigenvalue weighted by Crippen LogP contribution is -2.06. The fourth-order valence-electron chi connectivity index (χ4n) is 0.890. The molecule has 1 aromatic rings. The van der Waals surface area contributed by atoms with Gasteiger partial charge >= 0.3 is 0 Å². The number of nitrogens with zero attached hydrogens (tertiary/aromatic N) is 1. The third-order valence-corrected chi connectivity index (χ3v) is 2.18. The lowest BCUT2D eigenvalue weighted by molar-refractivity contribution is 0.261. The van der Waals surface area contributed by atoms with Gasteiger partial charge in [0.1, 0.15) is 0 Å². The van der Waals surface area contributed by atoms with Crippen LogP contribution in [0.5, 0.6) is 5.88 Å². The molecule has 0 spiro atoms.